The molecule has 2 aromatic carbocycles. The van der Waals surface area contributed by atoms with Crippen molar-refractivity contribution in [2.24, 2.45) is 0 Å². The van der Waals surface area contributed by atoms with E-state index in [1.807, 2.05) is 6.92 Å². The minimum absolute atomic E-state index is 0.317. The minimum Gasteiger partial charge on any atom is -0.354 e. The minimum atomic E-state index is -0.455. The highest BCUT2D eigenvalue weighted by Crippen LogP contribution is 2.28. The van der Waals surface area contributed by atoms with Gasteiger partial charge < -0.3 is 5.32 Å². The van der Waals surface area contributed by atoms with Crippen LogP contribution in [0.15, 0.2) is 48.5 Å². The van der Waals surface area contributed by atoms with Crippen LogP contribution < -0.4 is 5.32 Å². The van der Waals surface area contributed by atoms with E-state index in [-0.39, 0.29) is 12.4 Å². The zero-order valence-electron chi connectivity index (χ0n) is 16.1. The molecule has 1 N–H and O–H groups in total. The number of hydrogen-bond acceptors (Lipinski definition) is 5. The molecule has 0 saturated carbocycles. The smallest absolute Gasteiger partial charge is 0.262 e. The first-order valence-corrected chi connectivity index (χ1v) is 10.2. The van der Waals surface area contributed by atoms with Crippen molar-refractivity contribution in [3.63, 3.8) is 0 Å². The molecule has 2 heterocycles. The number of hydrogen-bond donors (Lipinski definition) is 1. The van der Waals surface area contributed by atoms with E-state index in [2.05, 4.69) is 10.3 Å². The third-order valence-corrected chi connectivity index (χ3v) is 6.08. The SMILES string of the molecule is Cc1nc(-c2cccc(F)c2)sc1CCNC(=O)CN1C(=O)c2ccccc2C1=O. The van der Waals surface area contributed by atoms with Crippen LogP contribution in [0.1, 0.15) is 31.3 Å². The number of benzene rings is 2. The fourth-order valence-electron chi connectivity index (χ4n) is 3.30. The molecule has 0 aliphatic carbocycles. The Morgan fingerprint density at radius 2 is 1.80 bits per heavy atom. The van der Waals surface area contributed by atoms with Crippen molar-refractivity contribution >= 4 is 29.1 Å². The van der Waals surface area contributed by atoms with Crippen LogP contribution in [0.5, 0.6) is 0 Å². The Morgan fingerprint density at radius 1 is 1.10 bits per heavy atom. The molecule has 0 spiro atoms. The summed E-state index contributed by atoms with van der Waals surface area (Å²) in [4.78, 5) is 43.4. The number of thiazole rings is 1. The maximum absolute atomic E-state index is 13.4. The third-order valence-electron chi connectivity index (χ3n) is 4.82. The highest BCUT2D eigenvalue weighted by molar-refractivity contribution is 7.15. The summed E-state index contributed by atoms with van der Waals surface area (Å²) in [5.74, 6) is -1.63. The molecule has 3 amide bonds. The first kappa shape index (κ1) is 19.9. The number of imide groups is 1. The van der Waals surface area contributed by atoms with Gasteiger partial charge in [0.1, 0.15) is 17.4 Å². The van der Waals surface area contributed by atoms with Gasteiger partial charge in [0.2, 0.25) is 5.91 Å². The molecule has 3 aromatic rings. The molecule has 4 rings (SSSR count). The second kappa shape index (κ2) is 8.16. The van der Waals surface area contributed by atoms with Crippen LogP contribution in [0.2, 0.25) is 0 Å². The van der Waals surface area contributed by atoms with Crippen LogP contribution in [0.25, 0.3) is 10.6 Å². The van der Waals surface area contributed by atoms with Gasteiger partial charge in [0, 0.05) is 23.4 Å². The van der Waals surface area contributed by atoms with Crippen molar-refractivity contribution in [1.82, 2.24) is 15.2 Å². The fourth-order valence-corrected chi connectivity index (χ4v) is 4.36. The Kier molecular flexibility index (Phi) is 5.41. The van der Waals surface area contributed by atoms with Crippen LogP contribution >= 0.6 is 11.3 Å². The Labute approximate surface area is 176 Å². The highest BCUT2D eigenvalue weighted by atomic mass is 32.1. The largest absolute Gasteiger partial charge is 0.354 e. The van der Waals surface area contributed by atoms with Crippen molar-refractivity contribution in [3.05, 3.63) is 76.0 Å². The molecule has 1 aromatic heterocycles. The van der Waals surface area contributed by atoms with E-state index >= 15 is 0 Å². The quantitative estimate of drug-likeness (QED) is 0.618. The lowest BCUT2D eigenvalue weighted by Crippen LogP contribution is -2.40. The Hall–Kier alpha value is -3.39. The highest BCUT2D eigenvalue weighted by Gasteiger charge is 2.36. The average Bonchev–Trinajstić information content (AvgIpc) is 3.21. The average molecular weight is 423 g/mol. The summed E-state index contributed by atoms with van der Waals surface area (Å²) in [6, 6.07) is 12.8. The van der Waals surface area contributed by atoms with Crippen LogP contribution in [-0.2, 0) is 11.2 Å². The van der Waals surface area contributed by atoms with Crippen molar-refractivity contribution in [2.45, 2.75) is 13.3 Å². The monoisotopic (exact) mass is 423 g/mol. The van der Waals surface area contributed by atoms with Gasteiger partial charge in [-0.15, -0.1) is 11.3 Å². The van der Waals surface area contributed by atoms with Crippen molar-refractivity contribution in [2.75, 3.05) is 13.1 Å². The molecule has 6 nitrogen and oxygen atoms in total. The summed E-state index contributed by atoms with van der Waals surface area (Å²) >= 11 is 1.45. The van der Waals surface area contributed by atoms with Crippen molar-refractivity contribution in [1.29, 1.82) is 0 Å². The molecule has 1 aliphatic heterocycles. The molecule has 0 unspecified atom stereocenters. The molecular weight excluding hydrogens is 405 g/mol. The summed E-state index contributed by atoms with van der Waals surface area (Å²) in [6.07, 6.45) is 0.548. The lowest BCUT2D eigenvalue weighted by molar-refractivity contribution is -0.121. The molecule has 8 heteroatoms. The van der Waals surface area contributed by atoms with Gasteiger partial charge in [-0.25, -0.2) is 9.37 Å². The van der Waals surface area contributed by atoms with Crippen LogP contribution in [0.3, 0.4) is 0 Å². The number of nitrogens with zero attached hydrogens (tertiary/aromatic N) is 2. The van der Waals surface area contributed by atoms with E-state index in [9.17, 15) is 18.8 Å². The summed E-state index contributed by atoms with van der Waals surface area (Å²) in [6.45, 7) is 1.89. The number of fused-ring (bicyclic) bond motifs is 1. The normalized spacial score (nSPS) is 12.9. The summed E-state index contributed by atoms with van der Waals surface area (Å²) in [7, 11) is 0. The van der Waals surface area contributed by atoms with E-state index in [1.54, 1.807) is 36.4 Å². The van der Waals surface area contributed by atoms with Gasteiger partial charge >= 0.3 is 0 Å². The van der Waals surface area contributed by atoms with Crippen molar-refractivity contribution < 1.29 is 18.8 Å². The molecule has 0 saturated heterocycles. The lowest BCUT2D eigenvalue weighted by atomic mass is 10.1. The predicted octanol–water partition coefficient (Wildman–Crippen LogP) is 3.21. The molecule has 0 bridgehead atoms. The number of carbonyl (C=O) groups is 3. The Morgan fingerprint density at radius 3 is 2.47 bits per heavy atom. The summed E-state index contributed by atoms with van der Waals surface area (Å²) in [5, 5.41) is 3.47. The zero-order chi connectivity index (χ0) is 21.3. The van der Waals surface area contributed by atoms with Crippen LogP contribution in [0.4, 0.5) is 4.39 Å². The summed E-state index contributed by atoms with van der Waals surface area (Å²) in [5.41, 5.74) is 2.18. The second-order valence-electron chi connectivity index (χ2n) is 6.88. The second-order valence-corrected chi connectivity index (χ2v) is 7.96. The van der Waals surface area contributed by atoms with Gasteiger partial charge in [-0.2, -0.15) is 0 Å². The van der Waals surface area contributed by atoms with Gasteiger partial charge in [-0.05, 0) is 31.2 Å². The van der Waals surface area contributed by atoms with E-state index < -0.39 is 17.7 Å². The molecule has 0 fully saturated rings. The number of halogens is 1. The lowest BCUT2D eigenvalue weighted by Gasteiger charge is -2.13. The molecule has 0 radical (unpaired) electrons. The number of amides is 3. The first-order valence-electron chi connectivity index (χ1n) is 9.38. The Bertz CT molecular complexity index is 1120. The molecule has 152 valence electrons. The van der Waals surface area contributed by atoms with E-state index in [1.165, 1.54) is 23.5 Å². The predicted molar refractivity (Wildman–Crippen MR) is 111 cm³/mol. The fraction of sp³-hybridized carbons (Fsp3) is 0.182. The molecule has 1 aliphatic rings. The van der Waals surface area contributed by atoms with Gasteiger partial charge in [-0.3, -0.25) is 19.3 Å². The van der Waals surface area contributed by atoms with E-state index in [0.29, 0.717) is 29.7 Å². The van der Waals surface area contributed by atoms with Gasteiger partial charge in [0.15, 0.2) is 0 Å². The number of aryl methyl sites for hydroxylation is 1. The summed E-state index contributed by atoms with van der Waals surface area (Å²) < 4.78 is 13.4. The van der Waals surface area contributed by atoms with E-state index in [0.717, 1.165) is 20.5 Å². The third kappa shape index (κ3) is 3.86. The van der Waals surface area contributed by atoms with E-state index in [4.69, 9.17) is 0 Å². The first-order chi connectivity index (χ1) is 14.4. The molecule has 0 atom stereocenters. The number of rotatable bonds is 6. The van der Waals surface area contributed by atoms with Gasteiger partial charge in [0.05, 0.1) is 16.8 Å². The van der Waals surface area contributed by atoms with Gasteiger partial charge in [0.25, 0.3) is 11.8 Å². The zero-order valence-corrected chi connectivity index (χ0v) is 17.0. The standard InChI is InChI=1S/C22H18FN3O3S/c1-13-18(30-20(25-13)14-5-4-6-15(23)11-14)9-10-24-19(27)12-26-21(28)16-7-2-3-8-17(16)22(26)29/h2-8,11H,9-10,12H2,1H3,(H,24,27). The molecular formula is C22H18FN3O3S. The number of carbonyl (C=O) groups excluding carboxylic acids is 3. The Balaban J connectivity index is 1.34. The topological polar surface area (TPSA) is 79.4 Å². The van der Waals surface area contributed by atoms with Crippen molar-refractivity contribution in [3.8, 4) is 10.6 Å². The maximum atomic E-state index is 13.4. The van der Waals surface area contributed by atoms with Crippen LogP contribution in [0, 0.1) is 12.7 Å². The molecule has 30 heavy (non-hydrogen) atoms. The number of nitrogens with one attached hydrogen (secondary N) is 1. The maximum Gasteiger partial charge on any atom is 0.262 e. The van der Waals surface area contributed by atoms with Crippen LogP contribution in [-0.4, -0.2) is 40.7 Å². The van der Waals surface area contributed by atoms with Gasteiger partial charge in [-0.1, -0.05) is 24.3 Å². The number of aromatic nitrogens is 1.